The molecule has 2 aromatic rings. The second-order valence-electron chi connectivity index (χ2n) is 4.71. The number of aliphatic hydroxyl groups is 2. The van der Waals surface area contributed by atoms with Gasteiger partial charge in [0.1, 0.15) is 6.10 Å². The Morgan fingerprint density at radius 3 is 2.00 bits per heavy atom. The molecule has 4 nitrogen and oxygen atoms in total. The molecule has 0 spiro atoms. The van der Waals surface area contributed by atoms with Crippen LogP contribution in [0.1, 0.15) is 43.5 Å². The highest BCUT2D eigenvalue weighted by molar-refractivity contribution is 6.28. The second kappa shape index (κ2) is 4.67. The number of fused-ring (bicyclic) bond motifs is 2. The van der Waals surface area contributed by atoms with E-state index in [0.717, 1.165) is 0 Å². The van der Waals surface area contributed by atoms with Crippen molar-refractivity contribution in [2.75, 3.05) is 6.61 Å². The van der Waals surface area contributed by atoms with Gasteiger partial charge in [-0.3, -0.25) is 9.59 Å². The molecule has 0 radical (unpaired) electrons. The Morgan fingerprint density at radius 2 is 1.40 bits per heavy atom. The van der Waals surface area contributed by atoms with Gasteiger partial charge in [0.2, 0.25) is 0 Å². The van der Waals surface area contributed by atoms with E-state index in [1.165, 1.54) is 12.1 Å². The normalized spacial score (nSPS) is 14.7. The summed E-state index contributed by atoms with van der Waals surface area (Å²) in [6.45, 7) is -0.433. The quantitative estimate of drug-likeness (QED) is 0.738. The van der Waals surface area contributed by atoms with Crippen LogP contribution in [0.3, 0.4) is 0 Å². The van der Waals surface area contributed by atoms with Crippen LogP contribution in [-0.2, 0) is 0 Å². The van der Waals surface area contributed by atoms with Crippen molar-refractivity contribution in [2.45, 2.75) is 6.10 Å². The first-order valence-corrected chi connectivity index (χ1v) is 6.24. The summed E-state index contributed by atoms with van der Waals surface area (Å²) in [5.74, 6) is -0.428. The van der Waals surface area contributed by atoms with Crippen molar-refractivity contribution in [1.82, 2.24) is 0 Å². The van der Waals surface area contributed by atoms with E-state index in [1.807, 2.05) is 0 Å². The number of hydrogen-bond donors (Lipinski definition) is 2. The topological polar surface area (TPSA) is 74.6 Å². The van der Waals surface area contributed by atoms with Gasteiger partial charge in [-0.25, -0.2) is 0 Å². The van der Waals surface area contributed by atoms with E-state index >= 15 is 0 Å². The Labute approximate surface area is 115 Å². The van der Waals surface area contributed by atoms with Crippen molar-refractivity contribution in [3.8, 4) is 0 Å². The van der Waals surface area contributed by atoms with Gasteiger partial charge in [0.25, 0.3) is 0 Å². The van der Waals surface area contributed by atoms with Crippen LogP contribution in [0.25, 0.3) is 0 Å². The third-order valence-corrected chi connectivity index (χ3v) is 3.51. The maximum absolute atomic E-state index is 12.4. The van der Waals surface area contributed by atoms with E-state index in [9.17, 15) is 14.7 Å². The van der Waals surface area contributed by atoms with Crippen molar-refractivity contribution in [1.29, 1.82) is 0 Å². The molecule has 1 atom stereocenters. The molecule has 1 aliphatic carbocycles. The Bertz CT molecular complexity index is 718. The van der Waals surface area contributed by atoms with Crippen molar-refractivity contribution in [3.63, 3.8) is 0 Å². The molecule has 0 aromatic heterocycles. The zero-order chi connectivity index (χ0) is 14.3. The minimum atomic E-state index is -1.06. The van der Waals surface area contributed by atoms with Crippen LogP contribution in [0.15, 0.2) is 42.5 Å². The van der Waals surface area contributed by atoms with Crippen molar-refractivity contribution >= 4 is 11.6 Å². The molecule has 0 saturated heterocycles. The fraction of sp³-hybridized carbons (Fsp3) is 0.125. The van der Waals surface area contributed by atoms with Crippen LogP contribution in [0.5, 0.6) is 0 Å². The second-order valence-corrected chi connectivity index (χ2v) is 4.71. The molecule has 1 aliphatic rings. The highest BCUT2D eigenvalue weighted by Crippen LogP contribution is 2.29. The summed E-state index contributed by atoms with van der Waals surface area (Å²) < 4.78 is 0. The van der Waals surface area contributed by atoms with E-state index in [1.54, 1.807) is 30.3 Å². The lowest BCUT2D eigenvalue weighted by Crippen LogP contribution is -2.21. The maximum Gasteiger partial charge on any atom is 0.194 e. The average Bonchev–Trinajstić information content (AvgIpc) is 2.51. The van der Waals surface area contributed by atoms with Gasteiger partial charge in [-0.15, -0.1) is 0 Å². The smallest absolute Gasteiger partial charge is 0.194 e. The van der Waals surface area contributed by atoms with Gasteiger partial charge in [0.05, 0.1) is 6.61 Å². The lowest BCUT2D eigenvalue weighted by atomic mass is 9.83. The molecule has 20 heavy (non-hydrogen) atoms. The average molecular weight is 268 g/mol. The van der Waals surface area contributed by atoms with Gasteiger partial charge in [0, 0.05) is 22.3 Å². The zero-order valence-electron chi connectivity index (χ0n) is 10.5. The number of benzene rings is 2. The molecular weight excluding hydrogens is 256 g/mol. The van der Waals surface area contributed by atoms with E-state index < -0.39 is 12.7 Å². The van der Waals surface area contributed by atoms with Crippen LogP contribution in [0.2, 0.25) is 0 Å². The molecule has 2 aromatic carbocycles. The maximum atomic E-state index is 12.4. The number of ketones is 2. The molecule has 2 N–H and O–H groups in total. The zero-order valence-corrected chi connectivity index (χ0v) is 10.5. The molecule has 1 unspecified atom stereocenters. The summed E-state index contributed by atoms with van der Waals surface area (Å²) >= 11 is 0. The molecule has 100 valence electrons. The Balaban J connectivity index is 2.18. The molecular formula is C16H12O4. The molecule has 4 heteroatoms. The van der Waals surface area contributed by atoms with E-state index in [0.29, 0.717) is 22.3 Å². The first kappa shape index (κ1) is 12.7. The predicted molar refractivity (Wildman–Crippen MR) is 71.8 cm³/mol. The summed E-state index contributed by atoms with van der Waals surface area (Å²) in [6, 6.07) is 11.2. The third kappa shape index (κ3) is 1.78. The fourth-order valence-electron chi connectivity index (χ4n) is 2.43. The Morgan fingerprint density at radius 1 is 0.850 bits per heavy atom. The van der Waals surface area contributed by atoms with Crippen LogP contribution in [-0.4, -0.2) is 28.4 Å². The van der Waals surface area contributed by atoms with Crippen LogP contribution in [0, 0.1) is 0 Å². The SMILES string of the molecule is O=C1c2ccccc2C(=O)c2cc(C(O)CO)ccc21. The lowest BCUT2D eigenvalue weighted by Gasteiger charge is -2.18. The van der Waals surface area contributed by atoms with Gasteiger partial charge in [-0.05, 0) is 17.7 Å². The van der Waals surface area contributed by atoms with E-state index in [4.69, 9.17) is 5.11 Å². The summed E-state index contributed by atoms with van der Waals surface area (Å²) in [5.41, 5.74) is 1.81. The largest absolute Gasteiger partial charge is 0.393 e. The van der Waals surface area contributed by atoms with Gasteiger partial charge in [0.15, 0.2) is 11.6 Å². The number of aliphatic hydroxyl groups excluding tert-OH is 2. The minimum absolute atomic E-state index is 0.194. The van der Waals surface area contributed by atoms with Gasteiger partial charge >= 0.3 is 0 Å². The standard InChI is InChI=1S/C16H12O4/c17-8-14(18)9-5-6-12-13(7-9)16(20)11-4-2-1-3-10(11)15(12)19/h1-7,14,17-18H,8H2. The molecule has 0 fully saturated rings. The van der Waals surface area contributed by atoms with Gasteiger partial charge in [-0.2, -0.15) is 0 Å². The molecule has 3 rings (SSSR count). The monoisotopic (exact) mass is 268 g/mol. The van der Waals surface area contributed by atoms with E-state index in [-0.39, 0.29) is 17.1 Å². The summed E-state index contributed by atoms with van der Waals surface area (Å²) in [4.78, 5) is 24.8. The number of carbonyl (C=O) groups is 2. The Hall–Kier alpha value is -2.30. The number of carbonyl (C=O) groups excluding carboxylic acids is 2. The highest BCUT2D eigenvalue weighted by Gasteiger charge is 2.29. The molecule has 0 aliphatic heterocycles. The van der Waals surface area contributed by atoms with Crippen molar-refractivity contribution in [3.05, 3.63) is 70.3 Å². The van der Waals surface area contributed by atoms with Crippen LogP contribution < -0.4 is 0 Å². The van der Waals surface area contributed by atoms with E-state index in [2.05, 4.69) is 0 Å². The minimum Gasteiger partial charge on any atom is -0.393 e. The highest BCUT2D eigenvalue weighted by atomic mass is 16.3. The molecule has 0 saturated carbocycles. The van der Waals surface area contributed by atoms with Crippen molar-refractivity contribution < 1.29 is 19.8 Å². The number of rotatable bonds is 2. The number of hydrogen-bond acceptors (Lipinski definition) is 4. The first-order valence-electron chi connectivity index (χ1n) is 6.24. The van der Waals surface area contributed by atoms with Gasteiger partial charge < -0.3 is 10.2 Å². The molecule has 0 heterocycles. The Kier molecular flexibility index (Phi) is 2.97. The van der Waals surface area contributed by atoms with Crippen LogP contribution >= 0.6 is 0 Å². The third-order valence-electron chi connectivity index (χ3n) is 3.51. The molecule has 0 bridgehead atoms. The van der Waals surface area contributed by atoms with Crippen molar-refractivity contribution in [2.24, 2.45) is 0 Å². The first-order chi connectivity index (χ1) is 9.63. The fourth-order valence-corrected chi connectivity index (χ4v) is 2.43. The molecule has 0 amide bonds. The predicted octanol–water partition coefficient (Wildman–Crippen LogP) is 1.49. The summed E-state index contributed by atoms with van der Waals surface area (Å²) in [7, 11) is 0. The van der Waals surface area contributed by atoms with Gasteiger partial charge in [-0.1, -0.05) is 30.3 Å². The lowest BCUT2D eigenvalue weighted by molar-refractivity contribution is 0.0944. The summed E-state index contributed by atoms with van der Waals surface area (Å²) in [6.07, 6.45) is -1.06. The van der Waals surface area contributed by atoms with Crippen LogP contribution in [0.4, 0.5) is 0 Å². The summed E-state index contributed by atoms with van der Waals surface area (Å²) in [5, 5.41) is 18.6.